The topological polar surface area (TPSA) is 9.23 Å². The van der Waals surface area contributed by atoms with Crippen LogP contribution in [0.15, 0.2) is 36.4 Å². The number of hydrogen-bond acceptors (Lipinski definition) is 1. The monoisotopic (exact) mass is 364 g/mol. The van der Waals surface area contributed by atoms with E-state index in [-0.39, 0.29) is 31.2 Å². The van der Waals surface area contributed by atoms with Crippen molar-refractivity contribution in [2.24, 2.45) is 0 Å². The molecule has 0 aromatic heterocycles. The van der Waals surface area contributed by atoms with Gasteiger partial charge in [0.1, 0.15) is 0 Å². The molecule has 0 aliphatic rings. The van der Waals surface area contributed by atoms with E-state index in [0.29, 0.717) is 0 Å². The van der Waals surface area contributed by atoms with Gasteiger partial charge in [0, 0.05) is 5.75 Å². The molecular weight excluding hydrogens is 339 g/mol. The van der Waals surface area contributed by atoms with Gasteiger partial charge in [0.25, 0.3) is 0 Å². The van der Waals surface area contributed by atoms with E-state index in [0.717, 1.165) is 5.75 Å². The Bertz CT molecular complexity index is 490. The first-order chi connectivity index (χ1) is 8.79. The van der Waals surface area contributed by atoms with Crippen LogP contribution in [-0.4, -0.2) is 8.32 Å². The maximum Gasteiger partial charge on any atom is 2.00 e. The molecule has 0 fully saturated rings. The van der Waals surface area contributed by atoms with Gasteiger partial charge in [-0.1, -0.05) is 26.8 Å². The van der Waals surface area contributed by atoms with Gasteiger partial charge in [-0.3, -0.25) is 0 Å². The smallest absolute Gasteiger partial charge is 0.559 e. The summed E-state index contributed by atoms with van der Waals surface area (Å²) in [5, 5.41) is 2.78. The predicted molar refractivity (Wildman–Crippen MR) is 88.4 cm³/mol. The molecule has 2 rings (SSSR count). The van der Waals surface area contributed by atoms with Crippen molar-refractivity contribution < 1.29 is 30.6 Å². The molecule has 2 aromatic rings. The van der Waals surface area contributed by atoms with Gasteiger partial charge >= 0.3 is 26.2 Å². The predicted octanol–water partition coefficient (Wildman–Crippen LogP) is 5.78. The van der Waals surface area contributed by atoms with Crippen molar-refractivity contribution in [1.82, 2.24) is 0 Å². The summed E-state index contributed by atoms with van der Waals surface area (Å²) in [7, 11) is -1.71. The van der Waals surface area contributed by atoms with Crippen LogP contribution in [0.3, 0.4) is 0 Å². The van der Waals surface area contributed by atoms with E-state index >= 15 is 0 Å². The van der Waals surface area contributed by atoms with Crippen molar-refractivity contribution in [2.75, 3.05) is 0 Å². The van der Waals surface area contributed by atoms with Gasteiger partial charge in [-0.05, 0) is 18.1 Å². The zero-order valence-corrected chi connectivity index (χ0v) is 17.0. The second kappa shape index (κ2) is 7.66. The zero-order valence-electron chi connectivity index (χ0n) is 13.6. The Morgan fingerprint density at radius 1 is 1.10 bits per heavy atom. The number of hydrogen-bond donors (Lipinski definition) is 0. The molecular formula is C17H26OSiZr. The summed E-state index contributed by atoms with van der Waals surface area (Å²) in [6.07, 6.45) is 0. The number of rotatable bonds is 2. The molecule has 2 aromatic carbocycles. The summed E-state index contributed by atoms with van der Waals surface area (Å²) in [6.45, 7) is 16.4. The van der Waals surface area contributed by atoms with Crippen LogP contribution in [0.5, 0.6) is 5.75 Å². The molecule has 0 saturated heterocycles. The molecule has 0 heterocycles. The fraction of sp³-hybridized carbons (Fsp3) is 0.412. The quantitative estimate of drug-likeness (QED) is 0.484. The van der Waals surface area contributed by atoms with Crippen molar-refractivity contribution in [3.63, 3.8) is 0 Å². The first-order valence-corrected chi connectivity index (χ1v) is 9.76. The van der Waals surface area contributed by atoms with Crippen LogP contribution in [0, 0.1) is 6.92 Å². The van der Waals surface area contributed by atoms with Crippen LogP contribution < -0.4 is 4.43 Å². The molecule has 0 aliphatic heterocycles. The van der Waals surface area contributed by atoms with E-state index in [1.807, 2.05) is 0 Å². The van der Waals surface area contributed by atoms with Crippen molar-refractivity contribution >= 4 is 19.1 Å². The molecule has 108 valence electrons. The Morgan fingerprint density at radius 2 is 1.65 bits per heavy atom. The van der Waals surface area contributed by atoms with Crippen molar-refractivity contribution in [3.05, 3.63) is 43.3 Å². The van der Waals surface area contributed by atoms with Gasteiger partial charge in [-0.25, -0.2) is 0 Å². The van der Waals surface area contributed by atoms with Crippen molar-refractivity contribution in [3.8, 4) is 5.75 Å². The Hall–Kier alpha value is -0.270. The summed E-state index contributed by atoms with van der Waals surface area (Å²) >= 11 is 0. The average molecular weight is 366 g/mol. The molecule has 0 spiro atoms. The third kappa shape index (κ3) is 4.63. The average Bonchev–Trinajstić information content (AvgIpc) is 2.71. The van der Waals surface area contributed by atoms with Crippen LogP contribution in [0.2, 0.25) is 18.1 Å². The first kappa shape index (κ1) is 19.7. The normalized spacial score (nSPS) is 11.3. The standard InChI is InChI=1S/C15H21OSi.C2H5.Zr/c1-15(2,3)17(4,5)16-14-10-12-8-6-7-9-13(12)11-14;1-2;/h6-11H,1-5H3;1H2,2H3;/q2*-1;+2. The molecule has 0 aliphatic carbocycles. The van der Waals surface area contributed by atoms with E-state index in [2.05, 4.69) is 77.2 Å². The molecule has 0 saturated carbocycles. The summed E-state index contributed by atoms with van der Waals surface area (Å²) < 4.78 is 6.29. The van der Waals surface area contributed by atoms with Crippen molar-refractivity contribution in [2.45, 2.75) is 45.8 Å². The van der Waals surface area contributed by atoms with E-state index in [9.17, 15) is 0 Å². The minimum atomic E-state index is -1.71. The molecule has 0 unspecified atom stereocenters. The fourth-order valence-electron chi connectivity index (χ4n) is 1.63. The van der Waals surface area contributed by atoms with E-state index in [1.165, 1.54) is 10.8 Å². The van der Waals surface area contributed by atoms with Gasteiger partial charge in [0.15, 0.2) is 0 Å². The van der Waals surface area contributed by atoms with Crippen LogP contribution in [0.4, 0.5) is 0 Å². The minimum absolute atomic E-state index is 0. The number of fused-ring (bicyclic) bond motifs is 1. The molecule has 0 bridgehead atoms. The molecule has 1 nitrogen and oxygen atoms in total. The third-order valence-corrected chi connectivity index (χ3v) is 8.13. The fourth-order valence-corrected chi connectivity index (χ4v) is 2.64. The summed E-state index contributed by atoms with van der Waals surface area (Å²) in [5.74, 6) is 1.03. The second-order valence-electron chi connectivity index (χ2n) is 6.18. The van der Waals surface area contributed by atoms with Crippen molar-refractivity contribution in [1.29, 1.82) is 0 Å². The molecule has 20 heavy (non-hydrogen) atoms. The Kier molecular flexibility index (Phi) is 7.55. The van der Waals surface area contributed by atoms with Gasteiger partial charge in [0.2, 0.25) is 8.32 Å². The molecule has 3 heteroatoms. The van der Waals surface area contributed by atoms with Gasteiger partial charge in [-0.2, -0.15) is 6.92 Å². The van der Waals surface area contributed by atoms with E-state index < -0.39 is 8.32 Å². The summed E-state index contributed by atoms with van der Waals surface area (Å²) in [6, 6.07) is 12.7. The van der Waals surface area contributed by atoms with Gasteiger partial charge in [0.05, 0.1) is 0 Å². The first-order valence-electron chi connectivity index (χ1n) is 6.85. The summed E-state index contributed by atoms with van der Waals surface area (Å²) in [4.78, 5) is 0. The van der Waals surface area contributed by atoms with Crippen LogP contribution in [0.25, 0.3) is 10.8 Å². The van der Waals surface area contributed by atoms with E-state index in [4.69, 9.17) is 4.43 Å². The number of benzene rings is 1. The Balaban J connectivity index is 0.00000115. The third-order valence-electron chi connectivity index (χ3n) is 3.77. The Morgan fingerprint density at radius 3 is 2.15 bits per heavy atom. The molecule has 0 N–H and O–H groups in total. The van der Waals surface area contributed by atoms with E-state index in [1.54, 1.807) is 6.92 Å². The SMILES string of the molecule is CC(C)(C)[Si](C)(C)Oc1cc2ccccc2[cH-]1.[CH2-]C.[Zr+2]. The molecule has 0 radical (unpaired) electrons. The zero-order chi connectivity index (χ0) is 14.7. The van der Waals surface area contributed by atoms with Gasteiger partial charge < -0.3 is 11.3 Å². The van der Waals surface area contributed by atoms with Crippen LogP contribution in [0.1, 0.15) is 27.7 Å². The van der Waals surface area contributed by atoms with Crippen LogP contribution >= 0.6 is 0 Å². The maximum absolute atomic E-state index is 6.29. The van der Waals surface area contributed by atoms with Crippen LogP contribution in [-0.2, 0) is 26.2 Å². The Labute approximate surface area is 144 Å². The largest absolute Gasteiger partial charge is 2.00 e. The molecule has 0 atom stereocenters. The van der Waals surface area contributed by atoms with Gasteiger partial charge in [-0.15, -0.1) is 41.1 Å². The maximum atomic E-state index is 6.29. The minimum Gasteiger partial charge on any atom is -0.559 e. The molecule has 0 amide bonds. The second-order valence-corrected chi connectivity index (χ2v) is 10.9. The summed E-state index contributed by atoms with van der Waals surface area (Å²) in [5.41, 5.74) is 0.